The molecule has 13 heteroatoms. The fourth-order valence-corrected chi connectivity index (χ4v) is 6.57. The van der Waals surface area contributed by atoms with Crippen molar-refractivity contribution in [3.8, 4) is 0 Å². The second-order valence-corrected chi connectivity index (χ2v) is 12.8. The maximum atomic E-state index is 14.3. The third kappa shape index (κ3) is 6.15. The number of Topliss-reactive ketones (excluding diaryl/α,β-unsaturated/α-hetero) is 1. The molecular weight excluding hydrogens is 572 g/mol. The smallest absolute Gasteiger partial charge is 0.433 e. The number of rotatable bonds is 8. The molecule has 4 rings (SSSR count). The minimum atomic E-state index is -4.89. The number of pyridine rings is 1. The first-order chi connectivity index (χ1) is 18.5. The molecule has 1 amide bonds. The summed E-state index contributed by atoms with van der Waals surface area (Å²) in [5.41, 5.74) is -2.83. The number of carboxylic acids is 1. The normalized spacial score (nSPS) is 23.8. The molecule has 218 valence electrons. The number of carbonyl (C=O) groups excluding carboxylic acids is 2. The van der Waals surface area contributed by atoms with Gasteiger partial charge in [-0.2, -0.15) is 18.3 Å². The van der Waals surface area contributed by atoms with E-state index in [-0.39, 0.29) is 59.0 Å². The Morgan fingerprint density at radius 1 is 1.10 bits per heavy atom. The highest BCUT2D eigenvalue weighted by Gasteiger charge is 2.46. The van der Waals surface area contributed by atoms with Crippen LogP contribution in [0.15, 0.2) is 18.6 Å². The van der Waals surface area contributed by atoms with Crippen molar-refractivity contribution in [1.82, 2.24) is 20.1 Å². The van der Waals surface area contributed by atoms with E-state index in [0.717, 1.165) is 10.9 Å². The Morgan fingerprint density at radius 3 is 2.17 bits per heavy atom. The van der Waals surface area contributed by atoms with Gasteiger partial charge < -0.3 is 10.4 Å². The van der Waals surface area contributed by atoms with Crippen molar-refractivity contribution in [2.45, 2.75) is 84.0 Å². The molecule has 2 fully saturated rings. The van der Waals surface area contributed by atoms with E-state index in [0.29, 0.717) is 12.8 Å². The Labute approximate surface area is 239 Å². The highest BCUT2D eigenvalue weighted by Crippen LogP contribution is 2.48. The van der Waals surface area contributed by atoms with Gasteiger partial charge in [0.1, 0.15) is 0 Å². The first-order valence-corrected chi connectivity index (χ1v) is 13.8. The zero-order valence-electron chi connectivity index (χ0n) is 22.3. The number of ketones is 1. The van der Waals surface area contributed by atoms with Crippen LogP contribution in [0.3, 0.4) is 0 Å². The monoisotopic (exact) mass is 602 g/mol. The number of hydrogen-bond donors (Lipinski definition) is 2. The number of carbonyl (C=O) groups is 3. The quantitative estimate of drug-likeness (QED) is 0.328. The molecule has 0 aromatic carbocycles. The van der Waals surface area contributed by atoms with Gasteiger partial charge in [-0.25, -0.2) is 0 Å². The molecule has 0 aliphatic heterocycles. The number of aromatic nitrogens is 3. The zero-order chi connectivity index (χ0) is 29.6. The number of carboxylic acid groups (broad SMARTS) is 1. The minimum Gasteiger partial charge on any atom is -0.481 e. The summed E-state index contributed by atoms with van der Waals surface area (Å²) in [4.78, 5) is 41.9. The predicted molar refractivity (Wildman–Crippen MR) is 141 cm³/mol. The lowest BCUT2D eigenvalue weighted by Gasteiger charge is -2.46. The molecule has 0 bridgehead atoms. The highest BCUT2D eigenvalue weighted by atomic mass is 35.5. The molecule has 2 N–H and O–H groups in total. The number of alkyl halides is 3. The lowest BCUT2D eigenvalue weighted by Crippen LogP contribution is -2.49. The van der Waals surface area contributed by atoms with E-state index in [2.05, 4.69) is 15.4 Å². The molecule has 2 aromatic heterocycles. The lowest BCUT2D eigenvalue weighted by molar-refractivity contribution is -0.152. The maximum absolute atomic E-state index is 14.3. The second kappa shape index (κ2) is 11.0. The lowest BCUT2D eigenvalue weighted by atomic mass is 9.61. The summed E-state index contributed by atoms with van der Waals surface area (Å²) in [5.74, 6) is -2.57. The minimum absolute atomic E-state index is 0.0317. The van der Waals surface area contributed by atoms with Gasteiger partial charge in [0.25, 0.3) is 5.91 Å². The van der Waals surface area contributed by atoms with Crippen LogP contribution in [0.5, 0.6) is 0 Å². The summed E-state index contributed by atoms with van der Waals surface area (Å²) in [6.07, 6.45) is 0.402. The SMILES string of the molecule is CC1(C)CC(C(CC(=O)c2c(Cl)cncc2Cl)NC(=O)c2cnn(C3CCC(C)(C(=O)O)CC3)c2C(F)(F)F)C1. The Hall–Kier alpha value is -2.66. The summed E-state index contributed by atoms with van der Waals surface area (Å²) in [5, 5.41) is 16.2. The number of aliphatic carboxylic acids is 1. The fraction of sp³-hybridized carbons (Fsp3) is 0.593. The van der Waals surface area contributed by atoms with Crippen molar-refractivity contribution in [1.29, 1.82) is 0 Å². The average molecular weight is 603 g/mol. The molecule has 2 aliphatic rings. The zero-order valence-corrected chi connectivity index (χ0v) is 23.8. The molecule has 0 spiro atoms. The second-order valence-electron chi connectivity index (χ2n) is 12.0. The number of nitrogens with one attached hydrogen (secondary N) is 1. The van der Waals surface area contributed by atoms with Crippen LogP contribution >= 0.6 is 23.2 Å². The van der Waals surface area contributed by atoms with Crippen molar-refractivity contribution in [2.75, 3.05) is 0 Å². The van der Waals surface area contributed by atoms with Crippen LogP contribution in [0.2, 0.25) is 10.0 Å². The van der Waals surface area contributed by atoms with Gasteiger partial charge in [-0.05, 0) is 56.8 Å². The number of nitrogens with zero attached hydrogens (tertiary/aromatic N) is 3. The number of halogens is 5. The van der Waals surface area contributed by atoms with Gasteiger partial charge >= 0.3 is 12.1 Å². The Balaban J connectivity index is 1.59. The summed E-state index contributed by atoms with van der Waals surface area (Å²) in [7, 11) is 0. The molecule has 40 heavy (non-hydrogen) atoms. The number of amides is 1. The van der Waals surface area contributed by atoms with Crippen LogP contribution in [-0.4, -0.2) is 43.6 Å². The van der Waals surface area contributed by atoms with E-state index in [9.17, 15) is 32.7 Å². The van der Waals surface area contributed by atoms with Crippen molar-refractivity contribution < 1.29 is 32.7 Å². The molecule has 2 heterocycles. The van der Waals surface area contributed by atoms with Gasteiger partial charge in [0.2, 0.25) is 0 Å². The number of hydrogen-bond acceptors (Lipinski definition) is 5. The molecule has 1 unspecified atom stereocenters. The summed E-state index contributed by atoms with van der Waals surface area (Å²) in [6, 6.07) is -1.46. The van der Waals surface area contributed by atoms with Crippen molar-refractivity contribution in [2.24, 2.45) is 16.7 Å². The molecule has 8 nitrogen and oxygen atoms in total. The maximum Gasteiger partial charge on any atom is 0.433 e. The van der Waals surface area contributed by atoms with E-state index >= 15 is 0 Å². The van der Waals surface area contributed by atoms with Crippen LogP contribution in [0.25, 0.3) is 0 Å². The van der Waals surface area contributed by atoms with E-state index < -0.39 is 52.6 Å². The molecule has 2 aliphatic carbocycles. The average Bonchev–Trinajstić information content (AvgIpc) is 3.28. The predicted octanol–water partition coefficient (Wildman–Crippen LogP) is 6.62. The molecule has 0 radical (unpaired) electrons. The first-order valence-electron chi connectivity index (χ1n) is 13.0. The standard InChI is InChI=1S/C27H31Cl2F3N4O4/c1-25(2)9-14(10-25)19(8-20(37)21-17(28)12-33-13-18(21)29)35-23(38)16-11-34-36(22(16)27(30,31)32)15-4-6-26(3,7-5-15)24(39)40/h11-15,19H,4-10H2,1-3H3,(H,35,38)(H,39,40). The fourth-order valence-electron chi connectivity index (χ4n) is 5.99. The first kappa shape index (κ1) is 30.3. The van der Waals surface area contributed by atoms with Crippen LogP contribution < -0.4 is 5.32 Å². The molecule has 2 saturated carbocycles. The van der Waals surface area contributed by atoms with E-state index in [1.54, 1.807) is 6.92 Å². The van der Waals surface area contributed by atoms with Gasteiger partial charge in [0.05, 0.1) is 38.8 Å². The highest BCUT2D eigenvalue weighted by molar-refractivity contribution is 6.39. The Morgan fingerprint density at radius 2 is 1.68 bits per heavy atom. The molecule has 0 saturated heterocycles. The van der Waals surface area contributed by atoms with Crippen molar-refractivity contribution in [3.63, 3.8) is 0 Å². The molecule has 1 atom stereocenters. The van der Waals surface area contributed by atoms with Crippen LogP contribution in [-0.2, 0) is 11.0 Å². The van der Waals surface area contributed by atoms with Crippen molar-refractivity contribution >= 4 is 40.9 Å². The summed E-state index contributed by atoms with van der Waals surface area (Å²) >= 11 is 12.3. The molecule has 2 aromatic rings. The van der Waals surface area contributed by atoms with E-state index in [4.69, 9.17) is 23.2 Å². The van der Waals surface area contributed by atoms with Gasteiger partial charge in [-0.3, -0.25) is 24.0 Å². The van der Waals surface area contributed by atoms with Crippen LogP contribution in [0.4, 0.5) is 13.2 Å². The van der Waals surface area contributed by atoms with Crippen LogP contribution in [0.1, 0.15) is 98.2 Å². The van der Waals surface area contributed by atoms with Gasteiger partial charge in [0, 0.05) is 24.9 Å². The third-order valence-corrected chi connectivity index (χ3v) is 8.86. The van der Waals surface area contributed by atoms with Crippen molar-refractivity contribution in [3.05, 3.63) is 45.5 Å². The van der Waals surface area contributed by atoms with E-state index in [1.165, 1.54) is 12.4 Å². The largest absolute Gasteiger partial charge is 0.481 e. The molecular formula is C27H31Cl2F3N4O4. The third-order valence-electron chi connectivity index (χ3n) is 8.28. The Kier molecular flexibility index (Phi) is 8.31. The summed E-state index contributed by atoms with van der Waals surface area (Å²) < 4.78 is 43.7. The topological polar surface area (TPSA) is 114 Å². The summed E-state index contributed by atoms with van der Waals surface area (Å²) in [6.45, 7) is 5.64. The Bertz CT molecular complexity index is 1290. The van der Waals surface area contributed by atoms with Gasteiger partial charge in [-0.15, -0.1) is 0 Å². The van der Waals surface area contributed by atoms with E-state index in [1.807, 2.05) is 13.8 Å². The van der Waals surface area contributed by atoms with Crippen LogP contribution in [0, 0.1) is 16.7 Å². The van der Waals surface area contributed by atoms with Gasteiger partial charge in [0.15, 0.2) is 11.5 Å². The van der Waals surface area contributed by atoms with Gasteiger partial charge in [-0.1, -0.05) is 37.0 Å².